The molecule has 0 bridgehead atoms. The van der Waals surface area contributed by atoms with Gasteiger partial charge < -0.3 is 10.0 Å². The van der Waals surface area contributed by atoms with Gasteiger partial charge in [-0.05, 0) is 51.5 Å². The Bertz CT molecular complexity index is 659. The molecule has 1 fully saturated rings. The van der Waals surface area contributed by atoms with Crippen LogP contribution in [0.25, 0.3) is 0 Å². The molecule has 6 nitrogen and oxygen atoms in total. The number of hydrogen-bond donors (Lipinski definition) is 2. The van der Waals surface area contributed by atoms with E-state index in [-0.39, 0.29) is 22.3 Å². The summed E-state index contributed by atoms with van der Waals surface area (Å²) in [7, 11) is 0. The van der Waals surface area contributed by atoms with Gasteiger partial charge >= 0.3 is 0 Å². The van der Waals surface area contributed by atoms with Crippen LogP contribution in [0.5, 0.6) is 5.88 Å². The molecule has 0 saturated carbocycles. The third kappa shape index (κ3) is 4.51. The van der Waals surface area contributed by atoms with Gasteiger partial charge in [0.2, 0.25) is 5.88 Å². The van der Waals surface area contributed by atoms with E-state index in [1.165, 1.54) is 25.5 Å². The van der Waals surface area contributed by atoms with Gasteiger partial charge in [-0.25, -0.2) is 0 Å². The number of nitrogens with one attached hydrogen (secondary N) is 1. The van der Waals surface area contributed by atoms with Crippen molar-refractivity contribution in [1.29, 1.82) is 0 Å². The van der Waals surface area contributed by atoms with Gasteiger partial charge in [0.15, 0.2) is 4.77 Å². The first-order chi connectivity index (χ1) is 11.0. The lowest BCUT2D eigenvalue weighted by Crippen LogP contribution is -2.31. The van der Waals surface area contributed by atoms with Crippen molar-refractivity contribution >= 4 is 18.4 Å². The summed E-state index contributed by atoms with van der Waals surface area (Å²) in [6.07, 6.45) is 6.08. The molecule has 1 saturated heterocycles. The van der Waals surface area contributed by atoms with E-state index < -0.39 is 5.56 Å². The van der Waals surface area contributed by atoms with Crippen LogP contribution in [-0.2, 0) is 0 Å². The normalized spacial score (nSPS) is 17.7. The first-order valence-electron chi connectivity index (χ1n) is 8.34. The standard InChI is InChI=1S/C16H26N4O2S/c1-3-12(2)20-15(22)13(14(21)18-16(20)23)11-17-7-10-19-8-5-4-6-9-19/h11-12,22H,3-10H2,1-2H3,(H,18,21,23)/t12-/m1/s1. The van der Waals surface area contributed by atoms with Gasteiger partial charge in [-0.2, -0.15) is 0 Å². The molecule has 128 valence electrons. The predicted octanol–water partition coefficient (Wildman–Crippen LogP) is 2.49. The summed E-state index contributed by atoms with van der Waals surface area (Å²) in [5.41, 5.74) is -0.216. The molecular weight excluding hydrogens is 312 g/mol. The predicted molar refractivity (Wildman–Crippen MR) is 95.3 cm³/mol. The molecule has 0 aliphatic carbocycles. The Labute approximate surface area is 141 Å². The van der Waals surface area contributed by atoms with Crippen LogP contribution in [0.1, 0.15) is 51.1 Å². The van der Waals surface area contributed by atoms with Crippen molar-refractivity contribution in [3.8, 4) is 5.88 Å². The average molecular weight is 338 g/mol. The number of likely N-dealkylation sites (tertiary alicyclic amines) is 1. The van der Waals surface area contributed by atoms with Gasteiger partial charge in [0.1, 0.15) is 5.56 Å². The summed E-state index contributed by atoms with van der Waals surface area (Å²) in [6, 6.07) is 0.0137. The number of aliphatic imine (C=N–C) groups is 1. The van der Waals surface area contributed by atoms with Crippen LogP contribution in [0.15, 0.2) is 9.79 Å². The molecule has 0 radical (unpaired) electrons. The van der Waals surface area contributed by atoms with E-state index in [9.17, 15) is 9.90 Å². The van der Waals surface area contributed by atoms with Crippen LogP contribution in [0.2, 0.25) is 0 Å². The molecule has 7 heteroatoms. The second-order valence-corrected chi connectivity index (χ2v) is 6.45. The number of H-pyrrole nitrogens is 1. The van der Waals surface area contributed by atoms with E-state index in [1.54, 1.807) is 4.57 Å². The largest absolute Gasteiger partial charge is 0.494 e. The molecule has 0 spiro atoms. The smallest absolute Gasteiger partial charge is 0.264 e. The van der Waals surface area contributed by atoms with Crippen molar-refractivity contribution in [2.45, 2.75) is 45.6 Å². The highest BCUT2D eigenvalue weighted by molar-refractivity contribution is 7.71. The zero-order chi connectivity index (χ0) is 16.8. The fourth-order valence-corrected chi connectivity index (χ4v) is 3.16. The average Bonchev–Trinajstić information content (AvgIpc) is 2.54. The summed E-state index contributed by atoms with van der Waals surface area (Å²) in [5, 5.41) is 10.4. The highest BCUT2D eigenvalue weighted by Gasteiger charge is 2.14. The summed E-state index contributed by atoms with van der Waals surface area (Å²) in [5.74, 6) is -0.102. The maximum absolute atomic E-state index is 12.0. The zero-order valence-corrected chi connectivity index (χ0v) is 14.7. The zero-order valence-electron chi connectivity index (χ0n) is 13.9. The number of aromatic amines is 1. The lowest BCUT2D eigenvalue weighted by molar-refractivity contribution is 0.235. The van der Waals surface area contributed by atoms with Crippen molar-refractivity contribution in [3.63, 3.8) is 0 Å². The fourth-order valence-electron chi connectivity index (χ4n) is 2.80. The molecule has 1 aromatic rings. The lowest BCUT2D eigenvalue weighted by atomic mass is 10.1. The first kappa shape index (κ1) is 17.9. The highest BCUT2D eigenvalue weighted by Crippen LogP contribution is 2.20. The molecule has 2 rings (SSSR count). The molecular formula is C16H26N4O2S. The topological polar surface area (TPSA) is 73.6 Å². The number of nitrogens with zero attached hydrogens (tertiary/aromatic N) is 3. The quantitative estimate of drug-likeness (QED) is 0.617. The molecule has 0 aromatic carbocycles. The second kappa shape index (κ2) is 8.40. The molecule has 23 heavy (non-hydrogen) atoms. The molecule has 1 aliphatic rings. The number of piperidine rings is 1. The van der Waals surface area contributed by atoms with Gasteiger partial charge in [0.05, 0.1) is 6.54 Å². The number of rotatable bonds is 6. The van der Waals surface area contributed by atoms with Crippen molar-refractivity contribution in [1.82, 2.24) is 14.5 Å². The second-order valence-electron chi connectivity index (χ2n) is 6.06. The Morgan fingerprint density at radius 2 is 2.09 bits per heavy atom. The van der Waals surface area contributed by atoms with E-state index in [4.69, 9.17) is 12.2 Å². The Morgan fingerprint density at radius 3 is 2.74 bits per heavy atom. The maximum Gasteiger partial charge on any atom is 0.264 e. The molecule has 1 aliphatic heterocycles. The van der Waals surface area contributed by atoms with E-state index in [0.29, 0.717) is 6.54 Å². The minimum atomic E-state index is -0.395. The number of hydrogen-bond acceptors (Lipinski definition) is 5. The van der Waals surface area contributed by atoms with Crippen molar-refractivity contribution < 1.29 is 5.11 Å². The SMILES string of the molecule is CC[C@@H](C)n1c(O)c(C=NCCN2CCCCC2)c(=O)[nH]c1=S. The first-order valence-corrected chi connectivity index (χ1v) is 8.75. The summed E-state index contributed by atoms with van der Waals surface area (Å²) in [4.78, 5) is 21.3. The minimum absolute atomic E-state index is 0.0137. The molecule has 2 heterocycles. The summed E-state index contributed by atoms with van der Waals surface area (Å²) in [6.45, 7) is 7.71. The Morgan fingerprint density at radius 1 is 1.39 bits per heavy atom. The number of aromatic nitrogens is 2. The Kier molecular flexibility index (Phi) is 6.53. The van der Waals surface area contributed by atoms with E-state index in [2.05, 4.69) is 14.9 Å². The highest BCUT2D eigenvalue weighted by atomic mass is 32.1. The maximum atomic E-state index is 12.0. The molecule has 0 unspecified atom stereocenters. The molecule has 1 aromatic heterocycles. The molecule has 2 N–H and O–H groups in total. The monoisotopic (exact) mass is 338 g/mol. The van der Waals surface area contributed by atoms with Gasteiger partial charge in [0, 0.05) is 18.8 Å². The van der Waals surface area contributed by atoms with Crippen LogP contribution < -0.4 is 5.56 Å². The van der Waals surface area contributed by atoms with Crippen LogP contribution in [0.4, 0.5) is 0 Å². The lowest BCUT2D eigenvalue weighted by Gasteiger charge is -2.25. The van der Waals surface area contributed by atoms with Crippen molar-refractivity contribution in [2.75, 3.05) is 26.2 Å². The number of aromatic hydroxyl groups is 1. The van der Waals surface area contributed by atoms with E-state index in [0.717, 1.165) is 26.1 Å². The fraction of sp³-hybridized carbons (Fsp3) is 0.688. The van der Waals surface area contributed by atoms with Crippen LogP contribution in [0, 0.1) is 4.77 Å². The van der Waals surface area contributed by atoms with Crippen LogP contribution in [0.3, 0.4) is 0 Å². The third-order valence-corrected chi connectivity index (χ3v) is 4.70. The van der Waals surface area contributed by atoms with Crippen molar-refractivity contribution in [2.24, 2.45) is 4.99 Å². The van der Waals surface area contributed by atoms with Crippen molar-refractivity contribution in [3.05, 3.63) is 20.7 Å². The van der Waals surface area contributed by atoms with E-state index >= 15 is 0 Å². The van der Waals surface area contributed by atoms with E-state index in [1.807, 2.05) is 13.8 Å². The van der Waals surface area contributed by atoms with Crippen LogP contribution >= 0.6 is 12.2 Å². The minimum Gasteiger partial charge on any atom is -0.494 e. The van der Waals surface area contributed by atoms with Gasteiger partial charge in [-0.1, -0.05) is 13.3 Å². The molecule has 0 amide bonds. The Hall–Kier alpha value is -1.47. The molecule has 1 atom stereocenters. The van der Waals surface area contributed by atoms with Crippen LogP contribution in [-0.4, -0.2) is 52.0 Å². The van der Waals surface area contributed by atoms with Gasteiger partial charge in [-0.15, -0.1) is 0 Å². The Balaban J connectivity index is 2.11. The summed E-state index contributed by atoms with van der Waals surface area (Å²) < 4.78 is 1.82. The van der Waals surface area contributed by atoms with Gasteiger partial charge in [-0.3, -0.25) is 19.3 Å². The van der Waals surface area contributed by atoms with Gasteiger partial charge in [0.25, 0.3) is 5.56 Å². The summed E-state index contributed by atoms with van der Waals surface area (Å²) >= 11 is 5.15. The third-order valence-electron chi connectivity index (χ3n) is 4.40.